The molecule has 0 bridgehead atoms. The number of ether oxygens (including phenoxy) is 1. The number of amides is 1. The Morgan fingerprint density at radius 2 is 2.05 bits per heavy atom. The number of carbonyl (C=O) groups excluding carboxylic acids is 1. The van der Waals surface area contributed by atoms with Crippen molar-refractivity contribution in [3.63, 3.8) is 0 Å². The highest BCUT2D eigenvalue weighted by Crippen LogP contribution is 2.29. The Labute approximate surface area is 130 Å². The first-order valence-corrected chi connectivity index (χ1v) is 7.28. The molecular formula is C17H21NO4. The summed E-state index contributed by atoms with van der Waals surface area (Å²) in [5, 5.41) is 12.1. The molecule has 22 heavy (non-hydrogen) atoms. The fourth-order valence-corrected chi connectivity index (χ4v) is 2.69. The third kappa shape index (κ3) is 3.67. The predicted octanol–water partition coefficient (Wildman–Crippen LogP) is 2.47. The Hall–Kier alpha value is -2.30. The molecule has 1 unspecified atom stereocenters. The van der Waals surface area contributed by atoms with Gasteiger partial charge in [0.1, 0.15) is 5.75 Å². The van der Waals surface area contributed by atoms with Crippen molar-refractivity contribution in [3.8, 4) is 5.75 Å². The molecule has 0 radical (unpaired) electrons. The molecule has 1 aromatic carbocycles. The topological polar surface area (TPSA) is 75.6 Å². The zero-order chi connectivity index (χ0) is 16.2. The molecule has 0 aromatic heterocycles. The molecule has 0 fully saturated rings. The average Bonchev–Trinajstić information content (AvgIpc) is 3.00. The summed E-state index contributed by atoms with van der Waals surface area (Å²) >= 11 is 0. The first-order chi connectivity index (χ1) is 10.4. The fourth-order valence-electron chi connectivity index (χ4n) is 2.69. The van der Waals surface area contributed by atoms with Crippen molar-refractivity contribution in [2.24, 2.45) is 5.92 Å². The van der Waals surface area contributed by atoms with Crippen LogP contribution in [0.5, 0.6) is 5.75 Å². The number of nitrogens with one attached hydrogen (secondary N) is 1. The number of carboxylic acids is 1. The van der Waals surface area contributed by atoms with Gasteiger partial charge in [-0.05, 0) is 37.5 Å². The summed E-state index contributed by atoms with van der Waals surface area (Å²) in [6, 6.07) is 7.14. The summed E-state index contributed by atoms with van der Waals surface area (Å²) in [5.74, 6) is -0.559. The van der Waals surface area contributed by atoms with Gasteiger partial charge in [-0.2, -0.15) is 0 Å². The zero-order valence-electron chi connectivity index (χ0n) is 12.8. The van der Waals surface area contributed by atoms with Crippen LogP contribution in [0.25, 0.3) is 0 Å². The number of carbonyl (C=O) groups is 2. The summed E-state index contributed by atoms with van der Waals surface area (Å²) in [6.07, 6.45) is 5.17. The number of aliphatic carboxylic acids is 1. The molecule has 2 N–H and O–H groups in total. The van der Waals surface area contributed by atoms with Crippen LogP contribution in [-0.2, 0) is 15.1 Å². The van der Waals surface area contributed by atoms with Gasteiger partial charge in [-0.15, -0.1) is 0 Å². The molecule has 0 saturated heterocycles. The summed E-state index contributed by atoms with van der Waals surface area (Å²) in [4.78, 5) is 23.6. The van der Waals surface area contributed by atoms with Crippen LogP contribution in [0.15, 0.2) is 36.4 Å². The van der Waals surface area contributed by atoms with E-state index in [2.05, 4.69) is 5.32 Å². The van der Waals surface area contributed by atoms with E-state index in [4.69, 9.17) is 4.74 Å². The van der Waals surface area contributed by atoms with E-state index in [9.17, 15) is 14.7 Å². The number of methoxy groups -OCH3 is 1. The van der Waals surface area contributed by atoms with E-state index < -0.39 is 11.5 Å². The average molecular weight is 303 g/mol. The van der Waals surface area contributed by atoms with Crippen molar-refractivity contribution in [3.05, 3.63) is 42.0 Å². The highest BCUT2D eigenvalue weighted by Gasteiger charge is 2.34. The Morgan fingerprint density at radius 3 is 2.64 bits per heavy atom. The Bertz CT molecular complexity index is 588. The summed E-state index contributed by atoms with van der Waals surface area (Å²) < 4.78 is 5.19. The highest BCUT2D eigenvalue weighted by atomic mass is 16.5. The van der Waals surface area contributed by atoms with Gasteiger partial charge in [-0.25, -0.2) is 0 Å². The lowest BCUT2D eigenvalue weighted by Gasteiger charge is -2.31. The maximum atomic E-state index is 12.4. The van der Waals surface area contributed by atoms with Gasteiger partial charge in [-0.1, -0.05) is 24.3 Å². The van der Waals surface area contributed by atoms with Crippen LogP contribution in [0.4, 0.5) is 0 Å². The molecule has 5 heteroatoms. The third-order valence-corrected chi connectivity index (χ3v) is 3.99. The van der Waals surface area contributed by atoms with Gasteiger partial charge in [0.05, 0.1) is 19.1 Å². The predicted molar refractivity (Wildman–Crippen MR) is 82.6 cm³/mol. The van der Waals surface area contributed by atoms with Gasteiger partial charge < -0.3 is 15.2 Å². The molecule has 1 aromatic rings. The number of rotatable bonds is 6. The molecule has 5 nitrogen and oxygen atoms in total. The molecule has 118 valence electrons. The highest BCUT2D eigenvalue weighted by molar-refractivity contribution is 5.81. The monoisotopic (exact) mass is 303 g/mol. The molecule has 1 atom stereocenters. The molecule has 1 aliphatic carbocycles. The molecule has 1 amide bonds. The van der Waals surface area contributed by atoms with Crippen LogP contribution in [0.1, 0.15) is 31.7 Å². The van der Waals surface area contributed by atoms with Crippen molar-refractivity contribution in [2.45, 2.75) is 31.7 Å². The summed E-state index contributed by atoms with van der Waals surface area (Å²) in [6.45, 7) is 1.73. The molecule has 1 aliphatic rings. The summed E-state index contributed by atoms with van der Waals surface area (Å²) in [5.41, 5.74) is -0.256. The van der Waals surface area contributed by atoms with E-state index >= 15 is 0 Å². The SMILES string of the molecule is COc1cccc(C(C)(CC(=O)O)NC(=O)C2CC=CC2)c1. The molecule has 0 heterocycles. The number of hydrogen-bond donors (Lipinski definition) is 2. The Morgan fingerprint density at radius 1 is 1.36 bits per heavy atom. The smallest absolute Gasteiger partial charge is 0.306 e. The van der Waals surface area contributed by atoms with E-state index in [0.717, 1.165) is 0 Å². The van der Waals surface area contributed by atoms with Crippen LogP contribution in [0.2, 0.25) is 0 Å². The second-order valence-electron chi connectivity index (χ2n) is 5.76. The minimum atomic E-state index is -0.972. The maximum Gasteiger partial charge on any atom is 0.306 e. The second kappa shape index (κ2) is 6.64. The van der Waals surface area contributed by atoms with Crippen molar-refractivity contribution < 1.29 is 19.4 Å². The summed E-state index contributed by atoms with van der Waals surface area (Å²) in [7, 11) is 1.55. The van der Waals surface area contributed by atoms with Gasteiger partial charge in [0.25, 0.3) is 0 Å². The molecule has 0 aliphatic heterocycles. The fraction of sp³-hybridized carbons (Fsp3) is 0.412. The normalized spacial score (nSPS) is 17.0. The van der Waals surface area contributed by atoms with Gasteiger partial charge >= 0.3 is 5.97 Å². The first-order valence-electron chi connectivity index (χ1n) is 7.28. The van der Waals surface area contributed by atoms with Gasteiger partial charge in [0.15, 0.2) is 0 Å². The van der Waals surface area contributed by atoms with E-state index in [0.29, 0.717) is 24.2 Å². The largest absolute Gasteiger partial charge is 0.497 e. The van der Waals surface area contributed by atoms with E-state index in [1.807, 2.05) is 12.2 Å². The molecule has 0 spiro atoms. The lowest BCUT2D eigenvalue weighted by molar-refractivity contribution is -0.139. The molecule has 0 saturated carbocycles. The minimum Gasteiger partial charge on any atom is -0.497 e. The van der Waals surface area contributed by atoms with E-state index in [-0.39, 0.29) is 18.2 Å². The lowest BCUT2D eigenvalue weighted by atomic mass is 9.87. The van der Waals surface area contributed by atoms with Crippen molar-refractivity contribution >= 4 is 11.9 Å². The minimum absolute atomic E-state index is 0.112. The Balaban J connectivity index is 2.25. The van der Waals surface area contributed by atoms with Crippen LogP contribution >= 0.6 is 0 Å². The molecule has 2 rings (SSSR count). The van der Waals surface area contributed by atoms with Crippen LogP contribution in [-0.4, -0.2) is 24.1 Å². The van der Waals surface area contributed by atoms with Crippen LogP contribution < -0.4 is 10.1 Å². The number of hydrogen-bond acceptors (Lipinski definition) is 3. The van der Waals surface area contributed by atoms with E-state index in [1.165, 1.54) is 0 Å². The van der Waals surface area contributed by atoms with Crippen LogP contribution in [0, 0.1) is 5.92 Å². The zero-order valence-corrected chi connectivity index (χ0v) is 12.8. The van der Waals surface area contributed by atoms with Crippen molar-refractivity contribution in [1.29, 1.82) is 0 Å². The number of allylic oxidation sites excluding steroid dienone is 2. The Kier molecular flexibility index (Phi) is 4.85. The lowest BCUT2D eigenvalue weighted by Crippen LogP contribution is -2.47. The van der Waals surface area contributed by atoms with Crippen LogP contribution in [0.3, 0.4) is 0 Å². The first kappa shape index (κ1) is 16.1. The maximum absolute atomic E-state index is 12.4. The quantitative estimate of drug-likeness (QED) is 0.792. The van der Waals surface area contributed by atoms with Crippen molar-refractivity contribution in [2.75, 3.05) is 7.11 Å². The number of benzene rings is 1. The van der Waals surface area contributed by atoms with Gasteiger partial charge in [0.2, 0.25) is 5.91 Å². The number of carboxylic acid groups (broad SMARTS) is 1. The van der Waals surface area contributed by atoms with Gasteiger partial charge in [-0.3, -0.25) is 9.59 Å². The second-order valence-corrected chi connectivity index (χ2v) is 5.76. The van der Waals surface area contributed by atoms with Crippen molar-refractivity contribution in [1.82, 2.24) is 5.32 Å². The van der Waals surface area contributed by atoms with E-state index in [1.54, 1.807) is 38.3 Å². The third-order valence-electron chi connectivity index (χ3n) is 3.99. The van der Waals surface area contributed by atoms with Gasteiger partial charge in [0, 0.05) is 5.92 Å². The standard InChI is InChI=1S/C17H21NO4/c1-17(11-15(19)20,13-8-5-9-14(10-13)22-2)18-16(21)12-6-3-4-7-12/h3-5,8-10,12H,6-7,11H2,1-2H3,(H,18,21)(H,19,20). The molecular weight excluding hydrogens is 282 g/mol.